The molecule has 2 N–H and O–H groups in total. The summed E-state index contributed by atoms with van der Waals surface area (Å²) >= 11 is 0. The summed E-state index contributed by atoms with van der Waals surface area (Å²) in [4.78, 5) is 11.8. The molecule has 18 heavy (non-hydrogen) atoms. The highest BCUT2D eigenvalue weighted by atomic mass is 16.5. The molecule has 1 amide bonds. The Labute approximate surface area is 109 Å². The molecule has 0 aromatic carbocycles. The maximum absolute atomic E-state index is 11.8. The number of piperidine rings is 1. The van der Waals surface area contributed by atoms with Crippen LogP contribution in [0.3, 0.4) is 0 Å². The third-order valence-electron chi connectivity index (χ3n) is 3.54. The van der Waals surface area contributed by atoms with Crippen molar-refractivity contribution in [1.82, 2.24) is 10.6 Å². The van der Waals surface area contributed by atoms with Crippen LogP contribution < -0.4 is 10.6 Å². The quantitative estimate of drug-likeness (QED) is 0.671. The molecule has 2 aliphatic rings. The van der Waals surface area contributed by atoms with Gasteiger partial charge in [0.25, 0.3) is 0 Å². The van der Waals surface area contributed by atoms with E-state index in [2.05, 4.69) is 10.6 Å². The van der Waals surface area contributed by atoms with Crippen LogP contribution in [0.5, 0.6) is 0 Å². The fraction of sp³-hybridized carbons (Fsp3) is 0.923. The predicted octanol–water partition coefficient (Wildman–Crippen LogP) is 0.298. The zero-order valence-electron chi connectivity index (χ0n) is 11.0. The average molecular weight is 256 g/mol. The summed E-state index contributed by atoms with van der Waals surface area (Å²) in [6, 6.07) is 0. The summed E-state index contributed by atoms with van der Waals surface area (Å²) < 4.78 is 11.0. The van der Waals surface area contributed by atoms with E-state index < -0.39 is 0 Å². The minimum atomic E-state index is 0.136. The van der Waals surface area contributed by atoms with Crippen molar-refractivity contribution >= 4 is 5.91 Å². The van der Waals surface area contributed by atoms with Gasteiger partial charge in [0, 0.05) is 19.7 Å². The van der Waals surface area contributed by atoms with Crippen LogP contribution in [0.15, 0.2) is 0 Å². The Hall–Kier alpha value is -0.650. The number of amides is 1. The SMILES string of the molecule is O=C(NCCOC[C@H]1CCCO1)[C@@H]1CCCNC1. The zero-order chi connectivity index (χ0) is 12.6. The molecule has 104 valence electrons. The number of carbonyl (C=O) groups excluding carboxylic acids is 1. The van der Waals surface area contributed by atoms with E-state index >= 15 is 0 Å². The van der Waals surface area contributed by atoms with Gasteiger partial charge >= 0.3 is 0 Å². The Bertz CT molecular complexity index is 249. The van der Waals surface area contributed by atoms with Gasteiger partial charge in [-0.3, -0.25) is 4.79 Å². The topological polar surface area (TPSA) is 59.6 Å². The minimum absolute atomic E-state index is 0.136. The van der Waals surface area contributed by atoms with Crippen molar-refractivity contribution in [3.05, 3.63) is 0 Å². The lowest BCUT2D eigenvalue weighted by Crippen LogP contribution is -2.41. The summed E-state index contributed by atoms with van der Waals surface area (Å²) in [7, 11) is 0. The monoisotopic (exact) mass is 256 g/mol. The second-order valence-electron chi connectivity index (χ2n) is 5.04. The second kappa shape index (κ2) is 7.71. The van der Waals surface area contributed by atoms with Crippen LogP contribution in [0.4, 0.5) is 0 Å². The Morgan fingerprint density at radius 2 is 2.33 bits per heavy atom. The number of carbonyl (C=O) groups is 1. The van der Waals surface area contributed by atoms with E-state index in [-0.39, 0.29) is 17.9 Å². The summed E-state index contributed by atoms with van der Waals surface area (Å²) in [5.74, 6) is 0.292. The van der Waals surface area contributed by atoms with Crippen LogP contribution in [0.1, 0.15) is 25.7 Å². The van der Waals surface area contributed by atoms with Gasteiger partial charge in [0.15, 0.2) is 0 Å². The number of ether oxygens (including phenoxy) is 2. The van der Waals surface area contributed by atoms with Gasteiger partial charge in [-0.25, -0.2) is 0 Å². The van der Waals surface area contributed by atoms with E-state index in [4.69, 9.17) is 9.47 Å². The fourth-order valence-electron chi connectivity index (χ4n) is 2.46. The van der Waals surface area contributed by atoms with E-state index in [9.17, 15) is 4.79 Å². The number of hydrogen-bond donors (Lipinski definition) is 2. The number of hydrogen-bond acceptors (Lipinski definition) is 4. The van der Waals surface area contributed by atoms with E-state index in [0.717, 1.165) is 45.4 Å². The summed E-state index contributed by atoms with van der Waals surface area (Å²) in [5, 5.41) is 6.18. The first-order valence-electron chi connectivity index (χ1n) is 7.04. The molecule has 0 unspecified atom stereocenters. The molecule has 5 heteroatoms. The van der Waals surface area contributed by atoms with Gasteiger partial charge in [-0.05, 0) is 32.2 Å². The summed E-state index contributed by atoms with van der Waals surface area (Å²) in [6.07, 6.45) is 4.59. The predicted molar refractivity (Wildman–Crippen MR) is 68.4 cm³/mol. The standard InChI is InChI=1S/C13H24N2O3/c16-13(11-3-1-5-14-9-11)15-6-8-17-10-12-4-2-7-18-12/h11-12,14H,1-10H2,(H,15,16)/t11-,12-/m1/s1. The fourth-order valence-corrected chi connectivity index (χ4v) is 2.46. The van der Waals surface area contributed by atoms with Crippen LogP contribution in [0.2, 0.25) is 0 Å². The van der Waals surface area contributed by atoms with E-state index in [1.165, 1.54) is 0 Å². The maximum Gasteiger partial charge on any atom is 0.224 e. The molecule has 0 aromatic rings. The van der Waals surface area contributed by atoms with Gasteiger partial charge in [0.05, 0.1) is 25.2 Å². The molecule has 2 saturated heterocycles. The molecule has 0 aromatic heterocycles. The molecule has 0 aliphatic carbocycles. The molecule has 0 radical (unpaired) electrons. The molecule has 2 heterocycles. The Morgan fingerprint density at radius 1 is 1.39 bits per heavy atom. The molecular weight excluding hydrogens is 232 g/mol. The lowest BCUT2D eigenvalue weighted by Gasteiger charge is -2.21. The largest absolute Gasteiger partial charge is 0.377 e. The molecule has 0 saturated carbocycles. The third kappa shape index (κ3) is 4.55. The van der Waals surface area contributed by atoms with Gasteiger partial charge in [-0.2, -0.15) is 0 Å². The molecule has 2 rings (SSSR count). The van der Waals surface area contributed by atoms with Gasteiger partial charge < -0.3 is 20.1 Å². The molecular formula is C13H24N2O3. The second-order valence-corrected chi connectivity index (χ2v) is 5.04. The highest BCUT2D eigenvalue weighted by molar-refractivity contribution is 5.78. The lowest BCUT2D eigenvalue weighted by molar-refractivity contribution is -0.125. The summed E-state index contributed by atoms with van der Waals surface area (Å²) in [5.41, 5.74) is 0. The van der Waals surface area contributed by atoms with Crippen LogP contribution in [-0.2, 0) is 14.3 Å². The van der Waals surface area contributed by atoms with E-state index in [0.29, 0.717) is 19.8 Å². The van der Waals surface area contributed by atoms with Crippen LogP contribution >= 0.6 is 0 Å². The van der Waals surface area contributed by atoms with E-state index in [1.54, 1.807) is 0 Å². The highest BCUT2D eigenvalue weighted by Crippen LogP contribution is 2.12. The zero-order valence-corrected chi connectivity index (χ0v) is 11.0. The van der Waals surface area contributed by atoms with Crippen molar-refractivity contribution in [2.24, 2.45) is 5.92 Å². The van der Waals surface area contributed by atoms with Crippen molar-refractivity contribution in [1.29, 1.82) is 0 Å². The van der Waals surface area contributed by atoms with Gasteiger partial charge in [-0.15, -0.1) is 0 Å². The smallest absolute Gasteiger partial charge is 0.224 e. The first kappa shape index (κ1) is 13.8. The lowest BCUT2D eigenvalue weighted by atomic mass is 9.99. The minimum Gasteiger partial charge on any atom is -0.377 e. The van der Waals surface area contributed by atoms with Crippen molar-refractivity contribution in [3.63, 3.8) is 0 Å². The van der Waals surface area contributed by atoms with Crippen LogP contribution in [0.25, 0.3) is 0 Å². The molecule has 0 bridgehead atoms. The van der Waals surface area contributed by atoms with Crippen molar-refractivity contribution in [2.45, 2.75) is 31.8 Å². The molecule has 2 aliphatic heterocycles. The molecule has 2 fully saturated rings. The maximum atomic E-state index is 11.8. The Kier molecular flexibility index (Phi) is 5.90. The van der Waals surface area contributed by atoms with Crippen molar-refractivity contribution < 1.29 is 14.3 Å². The van der Waals surface area contributed by atoms with Gasteiger partial charge in [0.2, 0.25) is 5.91 Å². The molecule has 0 spiro atoms. The summed E-state index contributed by atoms with van der Waals surface area (Å²) in [6.45, 7) is 4.53. The highest BCUT2D eigenvalue weighted by Gasteiger charge is 2.20. The Morgan fingerprint density at radius 3 is 3.06 bits per heavy atom. The first-order chi connectivity index (χ1) is 8.86. The average Bonchev–Trinajstić information content (AvgIpc) is 2.92. The Balaban J connectivity index is 1.48. The molecule has 5 nitrogen and oxygen atoms in total. The first-order valence-corrected chi connectivity index (χ1v) is 7.04. The van der Waals surface area contributed by atoms with Crippen LogP contribution in [0, 0.1) is 5.92 Å². The van der Waals surface area contributed by atoms with Crippen molar-refractivity contribution in [3.8, 4) is 0 Å². The van der Waals surface area contributed by atoms with Crippen LogP contribution in [-0.4, -0.2) is 51.5 Å². The van der Waals surface area contributed by atoms with Gasteiger partial charge in [0.1, 0.15) is 0 Å². The third-order valence-corrected chi connectivity index (χ3v) is 3.54. The number of rotatable bonds is 6. The molecule has 2 atom stereocenters. The van der Waals surface area contributed by atoms with E-state index in [1.807, 2.05) is 0 Å². The van der Waals surface area contributed by atoms with Crippen molar-refractivity contribution in [2.75, 3.05) is 39.5 Å². The van der Waals surface area contributed by atoms with Gasteiger partial charge in [-0.1, -0.05) is 0 Å². The normalized spacial score (nSPS) is 28.2. The number of nitrogens with one attached hydrogen (secondary N) is 2.